The molecule has 0 aromatic carbocycles. The predicted molar refractivity (Wildman–Crippen MR) is 513 cm³/mol. The maximum Gasteiger partial charge on any atom is 0.351 e. The number of hydrogen-bond acceptors (Lipinski definition) is 59. The third-order valence-electron chi connectivity index (χ3n) is 23.9. The van der Waals surface area contributed by atoms with Crippen molar-refractivity contribution in [2.45, 2.75) is 175 Å². The highest BCUT2D eigenvalue weighted by Gasteiger charge is 2.57. The fourth-order valence-electron chi connectivity index (χ4n) is 16.9. The number of aliphatic hydroxyl groups is 1. The molecular formula is C76H104N26O34P5S5-5. The number of aryl methyl sites for hydroxylation is 2. The number of ether oxygens (including phenoxy) is 16. The number of nitrogen functional groups attached to an aromatic ring is 6. The molecule has 6 saturated heterocycles. The highest BCUT2D eigenvalue weighted by molar-refractivity contribution is 8.32. The van der Waals surface area contributed by atoms with E-state index in [1.54, 1.807) is 13.8 Å². The Morgan fingerprint density at radius 2 is 0.664 bits per heavy atom. The van der Waals surface area contributed by atoms with Gasteiger partial charge in [-0.25, -0.2) is 69.4 Å². The van der Waals surface area contributed by atoms with Gasteiger partial charge in [-0.05, 0) is 20.3 Å². The lowest BCUT2D eigenvalue weighted by Gasteiger charge is -2.38. The van der Waals surface area contributed by atoms with E-state index in [1.807, 2.05) is 0 Å². The van der Waals surface area contributed by atoms with Gasteiger partial charge in [-0.15, -0.1) is 0 Å². The van der Waals surface area contributed by atoms with Gasteiger partial charge in [0.1, 0.15) is 184 Å². The Kier molecular flexibility index (Phi) is 36.9. The minimum absolute atomic E-state index is 0.0123. The maximum atomic E-state index is 15.8. The van der Waals surface area contributed by atoms with Gasteiger partial charge in [0.15, 0.2) is 83.8 Å². The van der Waals surface area contributed by atoms with Crippen LogP contribution in [-0.4, -0.2) is 341 Å². The number of imidazole rings is 4. The fourth-order valence-corrected chi connectivity index (χ4v) is 24.1. The molecule has 6 aliphatic rings. The lowest BCUT2D eigenvalue weighted by Crippen LogP contribution is -2.42. The van der Waals surface area contributed by atoms with Gasteiger partial charge in [-0.3, -0.25) is 32.0 Å². The molecule has 10 aromatic rings. The molecule has 16 rings (SSSR count). The van der Waals surface area contributed by atoms with Crippen molar-refractivity contribution in [3.63, 3.8) is 0 Å². The van der Waals surface area contributed by atoms with Crippen molar-refractivity contribution in [1.82, 2.24) is 97.2 Å². The molecule has 16 heterocycles. The summed E-state index contributed by atoms with van der Waals surface area (Å²) in [6, 6.07) is 0. The maximum absolute atomic E-state index is 15.8. The number of anilines is 6. The second kappa shape index (κ2) is 48.3. The van der Waals surface area contributed by atoms with Gasteiger partial charge in [-0.1, -0.05) is 54.2 Å². The zero-order valence-electron chi connectivity index (χ0n) is 78.7. The van der Waals surface area contributed by atoms with Gasteiger partial charge in [0.2, 0.25) is 0 Å². The van der Waals surface area contributed by atoms with Crippen molar-refractivity contribution < 1.29 is 150 Å². The minimum atomic E-state index is -5.26. The number of aromatic nitrogens is 20. The molecule has 70 heteroatoms. The Morgan fingerprint density at radius 1 is 0.377 bits per heavy atom. The van der Waals surface area contributed by atoms with Crippen molar-refractivity contribution >= 4 is 173 Å². The van der Waals surface area contributed by atoms with Crippen LogP contribution in [0.1, 0.15) is 68.3 Å². The van der Waals surface area contributed by atoms with Crippen LogP contribution >= 0.6 is 33.7 Å². The molecule has 60 nitrogen and oxygen atoms in total. The molecule has 802 valence electrons. The monoisotopic (exact) mass is 2240 g/mol. The smallest absolute Gasteiger partial charge is 0.351 e. The molecule has 0 radical (unpaired) electrons. The van der Waals surface area contributed by atoms with Gasteiger partial charge in [0, 0.05) is 65.5 Å². The van der Waals surface area contributed by atoms with E-state index in [-0.39, 0.29) is 164 Å². The number of aliphatic hydroxyl groups excluding tert-OH is 1. The lowest BCUT2D eigenvalue weighted by molar-refractivity contribution is -0.223. The van der Waals surface area contributed by atoms with Gasteiger partial charge >= 0.3 is 11.4 Å². The molecule has 6 fully saturated rings. The fraction of sp³-hybridized carbons (Fsp3) is 0.632. The number of hydrogen-bond donors (Lipinski definition) is 7. The van der Waals surface area contributed by atoms with Crippen molar-refractivity contribution in [3.05, 3.63) is 95.1 Å². The van der Waals surface area contributed by atoms with Crippen LogP contribution in [0.3, 0.4) is 0 Å². The molecule has 10 unspecified atom stereocenters. The summed E-state index contributed by atoms with van der Waals surface area (Å²) in [5.41, 5.74) is 37.1. The minimum Gasteiger partial charge on any atom is -0.780 e. The molecule has 0 amide bonds. The zero-order chi connectivity index (χ0) is 104. The SMILES string of the molecule is CC[C@H]1O[C@@H](n2cc(C)c(N)nc2=O)C[C@H]1OP([O-])(=S)OC[C@H]1O[C@@H](n2cnc3c(N)ncnc32)C(OCCOC)[C@H]1OP(=O)([S-])OC[C@H]1O[C@@H](n2cnc3c(N)ncnc32)C(OCCOC)[C@H]1OP([O-])(=S)OC[C@H]1O[C@@H](n2cnc3c(N)ncnc32)C(OCCOC)[C@H]1OP([O-])(=S)OC[C@H]1O[C@@H](n2cc(C)c(N)nc2=O)C(OCCOC)[C@H]1OP([O-])(=S)OC[C@H]1O[C@@H](n2cnc3c(N)ncnc32)C(OCCOC)[C@H]1O. The standard InChI is InChI=1S/C76H109N26O34P5S5/c1-9-38-39(20-45(126-38)97-21-36(2)60(77)95-75(97)104)132-137(106,142)122-24-42-52(57(118-17-12-113-6)72(129-42)100-33-92-47-63(80)84-29-88-67(47)100)134-140(109,145)124-26-44-54(59(120-19-14-115-8)74(131-44)102-35-94-49-65(82)86-31-90-69(49)102)136-141(110,146)125-27-43-53(58(119-18-13-114-7)73(130-43)101-34-93-48-64(81)85-30-89-68(48)101)135-139(108,144)123-25-41-51(56(117-16-11-112-5)71(128-41)98-22-37(3)61(78)96-76(98)105)133-138(107,143)121-23-40-50(103)55(116-15-10-111-4)70(127-40)99-32-91-46-62(79)83-28-87-66(46)99/h21-22,28-35,38-45,50-59,70-74,103H,9-20,23-27H2,1-8H3,(H,106,142)(H,107,143)(H,108,144)(H,109,145)(H,110,146)(H2,77,95,104)(H2,78,96,105)(H2,79,83,87)(H2,80,84,88)(H2,81,85,89)(H2,82,86,90)/p-5/t38-,39-,40-,41-,42-,43-,44-,45-,50+,51+,52+,53+,54+,55?,56?,57?,58?,59?,70-,71-,72-,73-,74-,137?,138?,139?,140?,141?/m1/s1. The van der Waals surface area contributed by atoms with E-state index in [0.717, 1.165) is 17.2 Å². The Balaban J connectivity index is 0.688. The van der Waals surface area contributed by atoms with E-state index in [1.165, 1.54) is 116 Å². The van der Waals surface area contributed by atoms with E-state index in [2.05, 4.69) is 69.8 Å². The topological polar surface area (TPSA) is 770 Å². The first-order valence-corrected chi connectivity index (χ1v) is 57.4. The van der Waals surface area contributed by atoms with E-state index in [0.29, 0.717) is 5.56 Å². The molecule has 0 bridgehead atoms. The van der Waals surface area contributed by atoms with Crippen molar-refractivity contribution in [3.8, 4) is 0 Å². The zero-order valence-corrected chi connectivity index (χ0v) is 87.2. The molecule has 13 N–H and O–H groups in total. The molecular weight excluding hydrogens is 2140 g/mol. The molecule has 146 heavy (non-hydrogen) atoms. The summed E-state index contributed by atoms with van der Waals surface area (Å²) in [6.07, 6.45) is -21.2. The van der Waals surface area contributed by atoms with E-state index in [4.69, 9.17) is 215 Å². The van der Waals surface area contributed by atoms with Crippen LogP contribution in [-0.2, 0) is 185 Å². The Bertz CT molecular complexity index is 6590. The predicted octanol–water partition coefficient (Wildman–Crippen LogP) is -2.32. The van der Waals surface area contributed by atoms with Crippen molar-refractivity contribution in [2.24, 2.45) is 0 Å². The van der Waals surface area contributed by atoms with Gasteiger partial charge in [-0.2, -0.15) is 9.97 Å². The number of fused-ring (bicyclic) bond motifs is 4. The summed E-state index contributed by atoms with van der Waals surface area (Å²) in [5, 5.41) is 11.9. The molecule has 0 spiro atoms. The number of methoxy groups -OCH3 is 5. The summed E-state index contributed by atoms with van der Waals surface area (Å²) in [6.45, 7) is -26.1. The van der Waals surface area contributed by atoms with E-state index in [9.17, 15) is 19.6 Å². The van der Waals surface area contributed by atoms with Gasteiger partial charge in [0.05, 0.1) is 137 Å². The first-order valence-electron chi connectivity index (χ1n) is 44.6. The van der Waals surface area contributed by atoms with Gasteiger partial charge in [0.25, 0.3) is 0 Å². The second-order valence-corrected chi connectivity index (χ2v) is 46.7. The number of nitrogens with zero attached hydrogens (tertiary/aromatic N) is 20. The molecule has 0 aliphatic carbocycles. The third-order valence-corrected chi connectivity index (χ3v) is 31.6. The summed E-state index contributed by atoms with van der Waals surface area (Å²) < 4.78 is 184. The van der Waals surface area contributed by atoms with Crippen LogP contribution in [0, 0.1) is 13.8 Å². The van der Waals surface area contributed by atoms with Crippen LogP contribution in [0.4, 0.5) is 34.9 Å². The quantitative estimate of drug-likeness (QED) is 0.0119. The largest absolute Gasteiger partial charge is 0.780 e. The number of rotatable bonds is 52. The molecule has 6 aliphatic heterocycles. The van der Waals surface area contributed by atoms with Crippen LogP contribution in [0.2, 0.25) is 0 Å². The Hall–Kier alpha value is -7.30. The highest BCUT2D eigenvalue weighted by atomic mass is 32.7. The first kappa shape index (κ1) is 111. The Labute approximate surface area is 854 Å². The molecule has 10 aromatic heterocycles. The van der Waals surface area contributed by atoms with Crippen LogP contribution in [0.5, 0.6) is 0 Å². The lowest BCUT2D eigenvalue weighted by atomic mass is 10.1. The third kappa shape index (κ3) is 25.4. The molecule has 0 saturated carbocycles. The van der Waals surface area contributed by atoms with Crippen molar-refractivity contribution in [2.75, 3.05) is 169 Å². The summed E-state index contributed by atoms with van der Waals surface area (Å²) in [7, 11) is 6.98. The first-order chi connectivity index (χ1) is 69.8. The Morgan fingerprint density at radius 3 is 1.01 bits per heavy atom. The highest BCUT2D eigenvalue weighted by Crippen LogP contribution is 2.57. The average Bonchev–Trinajstić information content (AvgIpc) is 1.63. The van der Waals surface area contributed by atoms with E-state index >= 15 is 19.2 Å². The summed E-state index contributed by atoms with van der Waals surface area (Å²) >= 11 is 28.7. The van der Waals surface area contributed by atoms with Crippen LogP contribution < -0.4 is 65.4 Å². The second-order valence-electron chi connectivity index (χ2n) is 33.2. The van der Waals surface area contributed by atoms with Crippen molar-refractivity contribution in [1.29, 1.82) is 0 Å². The number of nitrogens with two attached hydrogens (primary N) is 6. The summed E-state index contributed by atoms with van der Waals surface area (Å²) in [4.78, 5) is 148. The normalized spacial score (nSPS) is 29.2. The molecule has 28 atom stereocenters. The summed E-state index contributed by atoms with van der Waals surface area (Å²) in [5.74, 6) is -0.276. The van der Waals surface area contributed by atoms with E-state index < -0.39 is 219 Å². The van der Waals surface area contributed by atoms with Gasteiger partial charge < -0.3 is 192 Å². The van der Waals surface area contributed by atoms with Crippen LogP contribution in [0.15, 0.2) is 72.6 Å². The van der Waals surface area contributed by atoms with Crippen LogP contribution in [0.25, 0.3) is 44.7 Å². The average molecular weight is 2240 g/mol.